The molecule has 3 aromatic rings. The van der Waals surface area contributed by atoms with Gasteiger partial charge in [-0.25, -0.2) is 13.4 Å². The smallest absolute Gasteiger partial charge is 0.326 e. The average Bonchev–Trinajstić information content (AvgIpc) is 3.10. The standard InChI is InChI=1S/C25H24FN3O5S/c1-25(2,16-27)10-11-33-19-9-8-18-12-21(34-15-17-6-4-3-5-7-17)24(23(26)20(18)13-19)29-14-22(30)28-35(29,31)32/h3-9,12-13H,10-11,14-15H2,1-2H3,(H,28,30). The highest BCUT2D eigenvalue weighted by atomic mass is 32.2. The molecule has 0 saturated carbocycles. The highest BCUT2D eigenvalue weighted by molar-refractivity contribution is 7.92. The summed E-state index contributed by atoms with van der Waals surface area (Å²) in [6.07, 6.45) is 0.474. The van der Waals surface area contributed by atoms with Gasteiger partial charge < -0.3 is 9.47 Å². The van der Waals surface area contributed by atoms with Crippen LogP contribution in [0.25, 0.3) is 10.8 Å². The summed E-state index contributed by atoms with van der Waals surface area (Å²) in [7, 11) is -4.28. The molecule has 1 amide bonds. The molecule has 3 aromatic carbocycles. The van der Waals surface area contributed by atoms with Crippen molar-refractivity contribution in [3.05, 3.63) is 66.0 Å². The van der Waals surface area contributed by atoms with Crippen LogP contribution in [-0.4, -0.2) is 27.5 Å². The number of carbonyl (C=O) groups excluding carboxylic acids is 1. The van der Waals surface area contributed by atoms with Gasteiger partial charge in [-0.15, -0.1) is 0 Å². The quantitative estimate of drug-likeness (QED) is 0.503. The first-order valence-corrected chi connectivity index (χ1v) is 12.3. The van der Waals surface area contributed by atoms with Crippen molar-refractivity contribution in [1.82, 2.24) is 4.72 Å². The van der Waals surface area contributed by atoms with Gasteiger partial charge in [0, 0.05) is 5.39 Å². The van der Waals surface area contributed by atoms with E-state index < -0.39 is 33.9 Å². The summed E-state index contributed by atoms with van der Waals surface area (Å²) in [4.78, 5) is 11.8. The topological polar surface area (TPSA) is 109 Å². The molecule has 1 fully saturated rings. The van der Waals surface area contributed by atoms with E-state index in [1.807, 2.05) is 35.1 Å². The molecule has 0 unspecified atom stereocenters. The number of fused-ring (bicyclic) bond motifs is 1. The van der Waals surface area contributed by atoms with Gasteiger partial charge in [0.25, 0.3) is 5.91 Å². The Morgan fingerprint density at radius 2 is 1.89 bits per heavy atom. The van der Waals surface area contributed by atoms with Crippen molar-refractivity contribution in [2.45, 2.75) is 26.9 Å². The van der Waals surface area contributed by atoms with E-state index in [0.29, 0.717) is 21.9 Å². The summed E-state index contributed by atoms with van der Waals surface area (Å²) in [5.41, 5.74) is -0.111. The molecule has 0 aromatic heterocycles. The number of hydrogen-bond donors (Lipinski definition) is 1. The van der Waals surface area contributed by atoms with Crippen molar-refractivity contribution in [3.63, 3.8) is 0 Å². The van der Waals surface area contributed by atoms with Crippen molar-refractivity contribution in [2.75, 3.05) is 17.5 Å². The van der Waals surface area contributed by atoms with E-state index in [9.17, 15) is 13.2 Å². The number of benzene rings is 3. The average molecular weight is 498 g/mol. The van der Waals surface area contributed by atoms with Gasteiger partial charge in [0.05, 0.1) is 18.1 Å². The van der Waals surface area contributed by atoms with Gasteiger partial charge >= 0.3 is 10.2 Å². The number of anilines is 1. The van der Waals surface area contributed by atoms with Gasteiger partial charge in [0.1, 0.15) is 30.3 Å². The van der Waals surface area contributed by atoms with E-state index >= 15 is 4.39 Å². The van der Waals surface area contributed by atoms with Crippen molar-refractivity contribution < 1.29 is 27.1 Å². The molecule has 0 spiro atoms. The Bertz CT molecular complexity index is 1420. The molecular formula is C25H24FN3O5S. The Morgan fingerprint density at radius 1 is 1.14 bits per heavy atom. The predicted molar refractivity (Wildman–Crippen MR) is 129 cm³/mol. The van der Waals surface area contributed by atoms with Crippen LogP contribution in [0.2, 0.25) is 0 Å². The monoisotopic (exact) mass is 497 g/mol. The molecule has 35 heavy (non-hydrogen) atoms. The molecule has 1 N–H and O–H groups in total. The Kier molecular flexibility index (Phi) is 6.54. The molecule has 1 heterocycles. The number of carbonyl (C=O) groups is 1. The fourth-order valence-corrected chi connectivity index (χ4v) is 4.75. The predicted octanol–water partition coefficient (Wildman–Crippen LogP) is 4.06. The lowest BCUT2D eigenvalue weighted by Crippen LogP contribution is -2.30. The van der Waals surface area contributed by atoms with Crippen LogP contribution < -0.4 is 18.5 Å². The second-order valence-electron chi connectivity index (χ2n) is 8.83. The van der Waals surface area contributed by atoms with Gasteiger partial charge in [-0.2, -0.15) is 13.7 Å². The van der Waals surface area contributed by atoms with E-state index in [2.05, 4.69) is 6.07 Å². The molecule has 1 saturated heterocycles. The first kappa shape index (κ1) is 24.3. The van der Waals surface area contributed by atoms with Gasteiger partial charge in [0.2, 0.25) is 0 Å². The lowest BCUT2D eigenvalue weighted by Gasteiger charge is -2.21. The molecule has 1 aliphatic rings. The summed E-state index contributed by atoms with van der Waals surface area (Å²) in [5.74, 6) is -1.26. The molecule has 1 aliphatic heterocycles. The normalized spacial score (nSPS) is 15.0. The number of nitrogens with one attached hydrogen (secondary N) is 1. The number of hydrogen-bond acceptors (Lipinski definition) is 6. The third-order valence-corrected chi connectivity index (χ3v) is 6.97. The van der Waals surface area contributed by atoms with Crippen LogP contribution in [0.4, 0.5) is 10.1 Å². The Hall–Kier alpha value is -3.84. The van der Waals surface area contributed by atoms with Crippen LogP contribution in [0, 0.1) is 22.6 Å². The van der Waals surface area contributed by atoms with Gasteiger partial charge in [0.15, 0.2) is 5.82 Å². The van der Waals surface area contributed by atoms with Crippen LogP contribution >= 0.6 is 0 Å². The van der Waals surface area contributed by atoms with Crippen molar-refractivity contribution in [3.8, 4) is 17.6 Å². The van der Waals surface area contributed by atoms with Crippen molar-refractivity contribution in [2.24, 2.45) is 5.41 Å². The minimum absolute atomic E-state index is 0.0108. The van der Waals surface area contributed by atoms with Crippen LogP contribution in [0.1, 0.15) is 25.8 Å². The first-order chi connectivity index (χ1) is 16.6. The zero-order valence-corrected chi connectivity index (χ0v) is 20.1. The number of ether oxygens (including phenoxy) is 2. The fraction of sp³-hybridized carbons (Fsp3) is 0.280. The number of rotatable bonds is 8. The van der Waals surface area contributed by atoms with Crippen LogP contribution in [-0.2, 0) is 21.6 Å². The molecule has 182 valence electrons. The maximum Gasteiger partial charge on any atom is 0.326 e. The fourth-order valence-electron chi connectivity index (χ4n) is 3.59. The largest absolute Gasteiger partial charge is 0.494 e. The Labute approximate surface area is 203 Å². The molecule has 0 radical (unpaired) electrons. The van der Waals surface area contributed by atoms with Crippen LogP contribution in [0.5, 0.6) is 11.5 Å². The minimum atomic E-state index is -4.28. The SMILES string of the molecule is CC(C)(C#N)CCOc1ccc2cc(OCc3ccccc3)c(N3CC(=O)NS3(=O)=O)c(F)c2c1. The molecule has 0 aliphatic carbocycles. The molecule has 8 nitrogen and oxygen atoms in total. The molecular weight excluding hydrogens is 473 g/mol. The number of nitriles is 1. The minimum Gasteiger partial charge on any atom is -0.494 e. The number of amides is 1. The number of nitrogens with zero attached hydrogens (tertiary/aromatic N) is 2. The van der Waals surface area contributed by atoms with Crippen LogP contribution in [0.15, 0.2) is 54.6 Å². The van der Waals surface area contributed by atoms with E-state index in [0.717, 1.165) is 5.56 Å². The summed E-state index contributed by atoms with van der Waals surface area (Å²) in [6.45, 7) is 3.35. The van der Waals surface area contributed by atoms with Gasteiger partial charge in [-0.3, -0.25) is 4.79 Å². The van der Waals surface area contributed by atoms with E-state index in [1.54, 1.807) is 26.0 Å². The second kappa shape index (κ2) is 9.43. The Morgan fingerprint density at radius 3 is 2.54 bits per heavy atom. The van der Waals surface area contributed by atoms with Gasteiger partial charge in [-0.05, 0) is 49.4 Å². The summed E-state index contributed by atoms with van der Waals surface area (Å²) in [6, 6.07) is 17.7. The lowest BCUT2D eigenvalue weighted by atomic mass is 9.92. The maximum atomic E-state index is 15.9. The lowest BCUT2D eigenvalue weighted by molar-refractivity contribution is -0.117. The Balaban J connectivity index is 1.73. The zero-order valence-electron chi connectivity index (χ0n) is 19.2. The third-order valence-electron chi connectivity index (χ3n) is 5.59. The van der Waals surface area contributed by atoms with E-state index in [1.165, 1.54) is 12.1 Å². The van der Waals surface area contributed by atoms with Crippen molar-refractivity contribution in [1.29, 1.82) is 5.26 Å². The molecule has 0 atom stereocenters. The van der Waals surface area contributed by atoms with Crippen LogP contribution in [0.3, 0.4) is 0 Å². The zero-order chi connectivity index (χ0) is 25.2. The van der Waals surface area contributed by atoms with Gasteiger partial charge in [-0.1, -0.05) is 36.4 Å². The highest BCUT2D eigenvalue weighted by Crippen LogP contribution is 2.40. The summed E-state index contributed by atoms with van der Waals surface area (Å²) < 4.78 is 55.1. The highest BCUT2D eigenvalue weighted by Gasteiger charge is 2.38. The molecule has 4 rings (SSSR count). The molecule has 10 heteroatoms. The maximum absolute atomic E-state index is 15.9. The van der Waals surface area contributed by atoms with Crippen molar-refractivity contribution >= 4 is 32.6 Å². The van der Waals surface area contributed by atoms with E-state index in [4.69, 9.17) is 14.7 Å². The number of halogens is 1. The molecule has 0 bridgehead atoms. The summed E-state index contributed by atoms with van der Waals surface area (Å²) >= 11 is 0. The van der Waals surface area contributed by atoms with E-state index in [-0.39, 0.29) is 30.0 Å². The second-order valence-corrected chi connectivity index (χ2v) is 10.4. The third kappa shape index (κ3) is 5.30. The summed E-state index contributed by atoms with van der Waals surface area (Å²) in [5, 5.41) is 9.73. The first-order valence-electron chi connectivity index (χ1n) is 10.9.